The summed E-state index contributed by atoms with van der Waals surface area (Å²) >= 11 is 0. The van der Waals surface area contributed by atoms with E-state index < -0.39 is 0 Å². The summed E-state index contributed by atoms with van der Waals surface area (Å²) in [6, 6.07) is 16.0. The van der Waals surface area contributed by atoms with Gasteiger partial charge < -0.3 is 15.5 Å². The first-order chi connectivity index (χ1) is 12.2. The van der Waals surface area contributed by atoms with Crippen LogP contribution in [0.1, 0.15) is 12.0 Å². The number of carbonyl (C=O) groups is 1. The molecule has 1 atom stereocenters. The van der Waals surface area contributed by atoms with Crippen LogP contribution in [0.15, 0.2) is 59.6 Å². The molecule has 0 aromatic heterocycles. The maximum atomic E-state index is 13.2. The van der Waals surface area contributed by atoms with Crippen molar-refractivity contribution in [1.82, 2.24) is 10.6 Å². The minimum Gasteiger partial charge on any atom is -0.352 e. The predicted octanol–water partition coefficient (Wildman–Crippen LogP) is 2.30. The van der Waals surface area contributed by atoms with Crippen LogP contribution in [0.2, 0.25) is 0 Å². The Morgan fingerprint density at radius 3 is 2.76 bits per heavy atom. The van der Waals surface area contributed by atoms with E-state index in [9.17, 15) is 9.18 Å². The number of para-hydroxylation sites is 1. The number of amides is 1. The summed E-state index contributed by atoms with van der Waals surface area (Å²) in [6.45, 7) is 1.05. The highest BCUT2D eigenvalue weighted by Crippen LogP contribution is 2.20. The van der Waals surface area contributed by atoms with Gasteiger partial charge in [-0.25, -0.2) is 4.39 Å². The second-order valence-electron chi connectivity index (χ2n) is 5.94. The number of aliphatic imine (C=N–C) groups is 1. The quantitative estimate of drug-likeness (QED) is 0.663. The molecule has 2 N–H and O–H groups in total. The highest BCUT2D eigenvalue weighted by Gasteiger charge is 2.30. The second kappa shape index (κ2) is 7.79. The summed E-state index contributed by atoms with van der Waals surface area (Å²) in [6.07, 6.45) is 0.412. The lowest BCUT2D eigenvalue weighted by Gasteiger charge is -2.19. The van der Waals surface area contributed by atoms with Crippen LogP contribution in [0.4, 0.5) is 10.1 Å². The molecule has 2 aromatic rings. The van der Waals surface area contributed by atoms with Crippen LogP contribution in [0.25, 0.3) is 0 Å². The molecule has 6 heteroatoms. The number of halogens is 1. The molecule has 1 heterocycles. The summed E-state index contributed by atoms with van der Waals surface area (Å²) in [5.74, 6) is 0.420. The van der Waals surface area contributed by atoms with Gasteiger partial charge in [0.25, 0.3) is 0 Å². The Bertz CT molecular complexity index is 763. The lowest BCUT2D eigenvalue weighted by atomic mass is 10.2. The third-order valence-electron chi connectivity index (χ3n) is 4.11. The zero-order chi connectivity index (χ0) is 17.6. The fraction of sp³-hybridized carbons (Fsp3) is 0.263. The van der Waals surface area contributed by atoms with Gasteiger partial charge in [-0.1, -0.05) is 30.3 Å². The monoisotopic (exact) mass is 340 g/mol. The average Bonchev–Trinajstić information content (AvgIpc) is 2.99. The van der Waals surface area contributed by atoms with Crippen molar-refractivity contribution < 1.29 is 9.18 Å². The summed E-state index contributed by atoms with van der Waals surface area (Å²) in [5.41, 5.74) is 1.73. The van der Waals surface area contributed by atoms with E-state index in [0.29, 0.717) is 25.5 Å². The Balaban J connectivity index is 1.57. The highest BCUT2D eigenvalue weighted by atomic mass is 19.1. The summed E-state index contributed by atoms with van der Waals surface area (Å²) in [4.78, 5) is 18.2. The molecule has 25 heavy (non-hydrogen) atoms. The van der Waals surface area contributed by atoms with Crippen LogP contribution in [-0.4, -0.2) is 31.5 Å². The third kappa shape index (κ3) is 4.35. The molecule has 0 bridgehead atoms. The maximum absolute atomic E-state index is 13.2. The molecule has 2 aromatic carbocycles. The van der Waals surface area contributed by atoms with Gasteiger partial charge in [-0.3, -0.25) is 9.79 Å². The van der Waals surface area contributed by atoms with Gasteiger partial charge in [0.15, 0.2) is 5.96 Å². The van der Waals surface area contributed by atoms with E-state index in [4.69, 9.17) is 0 Å². The van der Waals surface area contributed by atoms with Gasteiger partial charge in [0.1, 0.15) is 5.82 Å². The summed E-state index contributed by atoms with van der Waals surface area (Å²) < 4.78 is 13.2. The number of guanidine groups is 1. The van der Waals surface area contributed by atoms with Gasteiger partial charge in [-0.05, 0) is 29.8 Å². The Kier molecular flexibility index (Phi) is 5.28. The SMILES string of the molecule is CN=C(NCc1cccc(F)c1)NC1CC(=O)N(c2ccccc2)C1. The van der Waals surface area contributed by atoms with Crippen molar-refractivity contribution in [2.24, 2.45) is 4.99 Å². The van der Waals surface area contributed by atoms with Gasteiger partial charge in [0.2, 0.25) is 5.91 Å². The molecule has 1 aliphatic rings. The first-order valence-corrected chi connectivity index (χ1v) is 8.23. The molecule has 0 aliphatic carbocycles. The molecule has 1 aliphatic heterocycles. The van der Waals surface area contributed by atoms with Crippen molar-refractivity contribution in [3.8, 4) is 0 Å². The largest absolute Gasteiger partial charge is 0.352 e. The molecular weight excluding hydrogens is 319 g/mol. The second-order valence-corrected chi connectivity index (χ2v) is 5.94. The van der Waals surface area contributed by atoms with Crippen LogP contribution in [0.5, 0.6) is 0 Å². The predicted molar refractivity (Wildman–Crippen MR) is 96.9 cm³/mol. The topological polar surface area (TPSA) is 56.7 Å². The number of nitrogens with one attached hydrogen (secondary N) is 2. The average molecular weight is 340 g/mol. The lowest BCUT2D eigenvalue weighted by Crippen LogP contribution is -2.44. The molecule has 0 spiro atoms. The van der Waals surface area contributed by atoms with Crippen molar-refractivity contribution in [2.45, 2.75) is 19.0 Å². The molecule has 130 valence electrons. The van der Waals surface area contributed by atoms with E-state index in [2.05, 4.69) is 15.6 Å². The number of hydrogen-bond donors (Lipinski definition) is 2. The Labute approximate surface area is 146 Å². The Morgan fingerprint density at radius 2 is 2.04 bits per heavy atom. The van der Waals surface area contributed by atoms with Crippen molar-refractivity contribution >= 4 is 17.6 Å². The molecule has 3 rings (SSSR count). The van der Waals surface area contributed by atoms with Crippen molar-refractivity contribution in [1.29, 1.82) is 0 Å². The normalized spacial score (nSPS) is 17.7. The van der Waals surface area contributed by atoms with E-state index in [1.165, 1.54) is 12.1 Å². The lowest BCUT2D eigenvalue weighted by molar-refractivity contribution is -0.117. The van der Waals surface area contributed by atoms with E-state index in [-0.39, 0.29) is 17.8 Å². The molecular formula is C19H21FN4O. The number of anilines is 1. The van der Waals surface area contributed by atoms with Gasteiger partial charge in [0.05, 0.1) is 6.04 Å². The van der Waals surface area contributed by atoms with Crippen molar-refractivity contribution in [3.05, 3.63) is 66.0 Å². The van der Waals surface area contributed by atoms with Crippen LogP contribution >= 0.6 is 0 Å². The standard InChI is InChI=1S/C19H21FN4O/c1-21-19(22-12-14-6-5-7-15(20)10-14)23-16-11-18(25)24(13-16)17-8-3-2-4-9-17/h2-10,16H,11-13H2,1H3,(H2,21,22,23). The first-order valence-electron chi connectivity index (χ1n) is 8.23. The van der Waals surface area contributed by atoms with Crippen molar-refractivity contribution in [3.63, 3.8) is 0 Å². The molecule has 1 saturated heterocycles. The van der Waals surface area contributed by atoms with Gasteiger partial charge in [-0.2, -0.15) is 0 Å². The van der Waals surface area contributed by atoms with Crippen molar-refractivity contribution in [2.75, 3.05) is 18.5 Å². The zero-order valence-electron chi connectivity index (χ0n) is 14.1. The number of hydrogen-bond acceptors (Lipinski definition) is 2. The molecule has 5 nitrogen and oxygen atoms in total. The first kappa shape index (κ1) is 17.0. The number of benzene rings is 2. The fourth-order valence-corrected chi connectivity index (χ4v) is 2.88. The summed E-state index contributed by atoms with van der Waals surface area (Å²) in [7, 11) is 1.67. The van der Waals surface area contributed by atoms with Crippen LogP contribution in [0, 0.1) is 5.82 Å². The smallest absolute Gasteiger partial charge is 0.229 e. The number of carbonyl (C=O) groups excluding carboxylic acids is 1. The van der Waals surface area contributed by atoms with Crippen LogP contribution in [0.3, 0.4) is 0 Å². The summed E-state index contributed by atoms with van der Waals surface area (Å²) in [5, 5.41) is 6.41. The van der Waals surface area contributed by atoms with E-state index >= 15 is 0 Å². The maximum Gasteiger partial charge on any atom is 0.229 e. The minimum absolute atomic E-state index is 0.0218. The number of nitrogens with zero attached hydrogens (tertiary/aromatic N) is 2. The van der Waals surface area contributed by atoms with E-state index in [1.807, 2.05) is 36.4 Å². The van der Waals surface area contributed by atoms with Gasteiger partial charge >= 0.3 is 0 Å². The van der Waals surface area contributed by atoms with Crippen LogP contribution < -0.4 is 15.5 Å². The van der Waals surface area contributed by atoms with Crippen LogP contribution in [-0.2, 0) is 11.3 Å². The third-order valence-corrected chi connectivity index (χ3v) is 4.11. The minimum atomic E-state index is -0.262. The zero-order valence-corrected chi connectivity index (χ0v) is 14.1. The molecule has 1 amide bonds. The molecule has 1 unspecified atom stereocenters. The van der Waals surface area contributed by atoms with E-state index in [1.54, 1.807) is 18.0 Å². The van der Waals surface area contributed by atoms with E-state index in [0.717, 1.165) is 11.3 Å². The molecule has 0 saturated carbocycles. The Morgan fingerprint density at radius 1 is 1.24 bits per heavy atom. The highest BCUT2D eigenvalue weighted by molar-refractivity contribution is 5.97. The Hall–Kier alpha value is -2.89. The number of rotatable bonds is 4. The molecule has 1 fully saturated rings. The van der Waals surface area contributed by atoms with Gasteiger partial charge in [-0.15, -0.1) is 0 Å². The molecule has 0 radical (unpaired) electrons. The fourth-order valence-electron chi connectivity index (χ4n) is 2.88. The van der Waals surface area contributed by atoms with Gasteiger partial charge in [0, 0.05) is 32.2 Å².